The van der Waals surface area contributed by atoms with E-state index in [1.54, 1.807) is 6.08 Å². The van der Waals surface area contributed by atoms with Crippen LogP contribution in [0.5, 0.6) is 0 Å². The largest absolute Gasteiger partial charge is 0.454 e. The van der Waals surface area contributed by atoms with Crippen molar-refractivity contribution in [3.63, 3.8) is 0 Å². The topological polar surface area (TPSA) is 68.6 Å². The number of amides is 2. The Balaban J connectivity index is 2.24. The smallest absolute Gasteiger partial charge is 0.445 e. The summed E-state index contributed by atoms with van der Waals surface area (Å²) in [6, 6.07) is 1.86. The number of alkyl halides is 2. The molecule has 18 heavy (non-hydrogen) atoms. The Kier molecular flexibility index (Phi) is 2.78. The van der Waals surface area contributed by atoms with Crippen LogP contribution in [-0.2, 0) is 12.5 Å². The van der Waals surface area contributed by atoms with E-state index in [1.807, 2.05) is 0 Å². The number of furan rings is 1. The van der Waals surface area contributed by atoms with Gasteiger partial charge in [0.1, 0.15) is 6.20 Å². The third-order valence-electron chi connectivity index (χ3n) is 2.56. The highest BCUT2D eigenvalue weighted by atomic mass is 19.3. The van der Waals surface area contributed by atoms with Gasteiger partial charge in [0.15, 0.2) is 18.1 Å². The summed E-state index contributed by atoms with van der Waals surface area (Å²) in [5.41, 5.74) is 5.25. The molecule has 0 fully saturated rings. The highest BCUT2D eigenvalue weighted by molar-refractivity contribution is 5.75. The fraction of sp³-hybridized carbons (Fsp3) is 0.273. The first kappa shape index (κ1) is 12.4. The zero-order valence-corrected chi connectivity index (χ0v) is 9.64. The summed E-state index contributed by atoms with van der Waals surface area (Å²) in [7, 11) is 0. The Morgan fingerprint density at radius 3 is 2.72 bits per heavy atom. The molecule has 2 N–H and O–H groups in total. The maximum absolute atomic E-state index is 13.0. The van der Waals surface area contributed by atoms with Crippen molar-refractivity contribution in [2.45, 2.75) is 19.4 Å². The number of allylic oxidation sites excluding steroid dienone is 1. The molecule has 0 saturated heterocycles. The van der Waals surface area contributed by atoms with E-state index in [2.05, 4.69) is 5.10 Å². The van der Waals surface area contributed by atoms with Gasteiger partial charge in [-0.15, -0.1) is 0 Å². The van der Waals surface area contributed by atoms with Crippen LogP contribution in [0.1, 0.15) is 18.4 Å². The number of halogens is 2. The van der Waals surface area contributed by atoms with Crippen LogP contribution in [0.25, 0.3) is 0 Å². The summed E-state index contributed by atoms with van der Waals surface area (Å²) in [5, 5.41) is 3.91. The fourth-order valence-corrected chi connectivity index (χ4v) is 1.62. The zero-order valence-electron chi connectivity index (χ0n) is 9.64. The number of urea groups is 1. The van der Waals surface area contributed by atoms with E-state index in [-0.39, 0.29) is 12.3 Å². The predicted octanol–water partition coefficient (Wildman–Crippen LogP) is 2.30. The summed E-state index contributed by atoms with van der Waals surface area (Å²) >= 11 is 0. The number of hydrogen-bond acceptors (Lipinski definition) is 3. The minimum absolute atomic E-state index is 0.0294. The predicted molar refractivity (Wildman–Crippen MR) is 59.5 cm³/mol. The molecule has 2 amide bonds. The van der Waals surface area contributed by atoms with Crippen LogP contribution in [0.3, 0.4) is 0 Å². The van der Waals surface area contributed by atoms with Gasteiger partial charge in [-0.3, -0.25) is 0 Å². The average molecular weight is 256 g/mol. The highest BCUT2D eigenvalue weighted by Gasteiger charge is 2.37. The molecular formula is C11H12F2N3O2+. The molecule has 0 spiro atoms. The van der Waals surface area contributed by atoms with E-state index >= 15 is 0 Å². The van der Waals surface area contributed by atoms with Crippen LogP contribution >= 0.6 is 0 Å². The lowest BCUT2D eigenvalue weighted by Crippen LogP contribution is -2.45. The molecule has 0 saturated carbocycles. The van der Waals surface area contributed by atoms with Gasteiger partial charge in [-0.2, -0.15) is 8.78 Å². The SMILES string of the molecule is CC(F)(F)c1ccc(C[N+]2(C(N)=O)C=CC=N2)o1. The Bertz CT molecular complexity index is 517. The Labute approximate surface area is 102 Å². The molecule has 7 heteroatoms. The normalized spacial score (nSPS) is 22.6. The molecule has 2 heterocycles. The van der Waals surface area contributed by atoms with Crippen molar-refractivity contribution in [1.29, 1.82) is 0 Å². The van der Waals surface area contributed by atoms with Crippen LogP contribution in [0, 0.1) is 0 Å². The van der Waals surface area contributed by atoms with Gasteiger partial charge >= 0.3 is 12.0 Å². The molecule has 1 atom stereocenters. The number of carbonyl (C=O) groups excluding carboxylic acids is 1. The standard InChI is InChI=1S/C11H11F2N3O2/c1-11(12,13)9-4-3-8(18-9)7-16(10(14)17)6-2-5-15-16/h2-6H,7H2,1H3,(H-,14,17)/p+1. The second-order valence-corrected chi connectivity index (χ2v) is 4.08. The number of quaternary nitrogens is 1. The monoisotopic (exact) mass is 256 g/mol. The first-order valence-electron chi connectivity index (χ1n) is 5.22. The van der Waals surface area contributed by atoms with E-state index in [1.165, 1.54) is 24.5 Å². The molecule has 0 radical (unpaired) electrons. The maximum Gasteiger partial charge on any atom is 0.445 e. The molecule has 1 aliphatic rings. The van der Waals surface area contributed by atoms with Gasteiger partial charge in [-0.25, -0.2) is 4.79 Å². The van der Waals surface area contributed by atoms with Crippen molar-refractivity contribution in [2.75, 3.05) is 0 Å². The summed E-state index contributed by atoms with van der Waals surface area (Å²) < 4.78 is 30.5. The van der Waals surface area contributed by atoms with Gasteiger partial charge in [-0.1, -0.05) is 9.69 Å². The number of nitrogens with zero attached hydrogens (tertiary/aromatic N) is 2. The zero-order chi connectivity index (χ0) is 13.4. The van der Waals surface area contributed by atoms with Crippen LogP contribution in [0.2, 0.25) is 0 Å². The molecular weight excluding hydrogens is 244 g/mol. The molecule has 1 aromatic heterocycles. The fourth-order valence-electron chi connectivity index (χ4n) is 1.62. The summed E-state index contributed by atoms with van der Waals surface area (Å²) in [6.07, 6.45) is 4.45. The minimum atomic E-state index is -3.06. The quantitative estimate of drug-likeness (QED) is 0.843. The number of primary amides is 1. The first-order chi connectivity index (χ1) is 8.33. The second kappa shape index (κ2) is 4.02. The van der Waals surface area contributed by atoms with Crippen LogP contribution in [-0.4, -0.2) is 16.8 Å². The lowest BCUT2D eigenvalue weighted by molar-refractivity contribution is -0.816. The summed E-state index contributed by atoms with van der Waals surface area (Å²) in [5.74, 6) is -3.29. The van der Waals surface area contributed by atoms with E-state index in [0.29, 0.717) is 0 Å². The van der Waals surface area contributed by atoms with Gasteiger partial charge in [-0.05, 0) is 12.1 Å². The van der Waals surface area contributed by atoms with Crippen molar-refractivity contribution in [3.05, 3.63) is 35.9 Å². The van der Waals surface area contributed by atoms with Crippen molar-refractivity contribution < 1.29 is 22.6 Å². The molecule has 0 aliphatic carbocycles. The van der Waals surface area contributed by atoms with E-state index in [0.717, 1.165) is 6.92 Å². The molecule has 1 unspecified atom stereocenters. The van der Waals surface area contributed by atoms with Gasteiger partial charge in [0.2, 0.25) is 0 Å². The van der Waals surface area contributed by atoms with E-state index < -0.39 is 22.3 Å². The molecule has 0 bridgehead atoms. The summed E-state index contributed by atoms with van der Waals surface area (Å²) in [4.78, 5) is 11.4. The molecule has 0 aromatic carbocycles. The number of rotatable bonds is 3. The molecule has 1 aliphatic heterocycles. The van der Waals surface area contributed by atoms with Crippen molar-refractivity contribution in [1.82, 2.24) is 0 Å². The van der Waals surface area contributed by atoms with Crippen LogP contribution in [0.15, 0.2) is 33.9 Å². The number of nitrogens with two attached hydrogens (primary N) is 1. The van der Waals surface area contributed by atoms with Gasteiger partial charge in [0.25, 0.3) is 0 Å². The summed E-state index contributed by atoms with van der Waals surface area (Å²) in [6.45, 7) is 0.709. The third-order valence-corrected chi connectivity index (χ3v) is 2.56. The molecule has 1 aromatic rings. The van der Waals surface area contributed by atoms with Gasteiger partial charge in [0, 0.05) is 13.0 Å². The third kappa shape index (κ3) is 2.17. The van der Waals surface area contributed by atoms with Gasteiger partial charge in [0.05, 0.1) is 6.21 Å². The first-order valence-corrected chi connectivity index (χ1v) is 5.22. The number of carbonyl (C=O) groups is 1. The maximum atomic E-state index is 13.0. The Morgan fingerprint density at radius 1 is 1.56 bits per heavy atom. The molecule has 5 nitrogen and oxygen atoms in total. The lowest BCUT2D eigenvalue weighted by Gasteiger charge is -2.19. The van der Waals surface area contributed by atoms with Crippen molar-refractivity contribution >= 4 is 12.2 Å². The van der Waals surface area contributed by atoms with Crippen molar-refractivity contribution in [3.8, 4) is 0 Å². The highest BCUT2D eigenvalue weighted by Crippen LogP contribution is 2.30. The number of hydrogen-bond donors (Lipinski definition) is 1. The van der Waals surface area contributed by atoms with Crippen LogP contribution < -0.4 is 5.73 Å². The Morgan fingerprint density at radius 2 is 2.28 bits per heavy atom. The minimum Gasteiger partial charge on any atom is -0.454 e. The molecule has 2 rings (SSSR count). The second-order valence-electron chi connectivity index (χ2n) is 4.08. The Hall–Kier alpha value is -2.02. The van der Waals surface area contributed by atoms with Crippen LogP contribution in [0.4, 0.5) is 13.6 Å². The van der Waals surface area contributed by atoms with E-state index in [9.17, 15) is 13.6 Å². The molecule has 96 valence electrons. The average Bonchev–Trinajstić information content (AvgIpc) is 2.86. The van der Waals surface area contributed by atoms with Gasteiger partial charge < -0.3 is 10.2 Å². The van der Waals surface area contributed by atoms with E-state index in [4.69, 9.17) is 10.2 Å². The lowest BCUT2D eigenvalue weighted by atomic mass is 10.3. The van der Waals surface area contributed by atoms with Crippen molar-refractivity contribution in [2.24, 2.45) is 10.8 Å².